The summed E-state index contributed by atoms with van der Waals surface area (Å²) in [7, 11) is 0. The molecule has 0 aliphatic heterocycles. The molecule has 0 fully saturated rings. The van der Waals surface area contributed by atoms with E-state index >= 15 is 0 Å². The van der Waals surface area contributed by atoms with Gasteiger partial charge in [-0.2, -0.15) is 4.98 Å². The zero-order valence-corrected chi connectivity index (χ0v) is 13.9. The van der Waals surface area contributed by atoms with Crippen LogP contribution < -0.4 is 10.6 Å². The van der Waals surface area contributed by atoms with Crippen molar-refractivity contribution in [1.82, 2.24) is 9.97 Å². The molecule has 0 saturated carbocycles. The number of nitrogens with one attached hydrogen (secondary N) is 2. The van der Waals surface area contributed by atoms with Gasteiger partial charge in [-0.05, 0) is 32.3 Å². The zero-order chi connectivity index (χ0) is 15.4. The van der Waals surface area contributed by atoms with E-state index in [1.807, 2.05) is 6.92 Å². The third-order valence-electron chi connectivity index (χ3n) is 3.42. The highest BCUT2D eigenvalue weighted by Gasteiger charge is 2.17. The highest BCUT2D eigenvalue weighted by molar-refractivity contribution is 7.18. The number of hydrogen-bond donors (Lipinski definition) is 3. The third kappa shape index (κ3) is 3.83. The maximum absolute atomic E-state index is 9.24. The molecule has 2 rings (SSSR count). The maximum atomic E-state index is 9.24. The molecular weight excluding hydrogens is 284 g/mol. The van der Waals surface area contributed by atoms with Crippen LogP contribution in [0.3, 0.4) is 0 Å². The van der Waals surface area contributed by atoms with Crippen molar-refractivity contribution >= 4 is 33.3 Å². The molecule has 1 unspecified atom stereocenters. The van der Waals surface area contributed by atoms with Crippen LogP contribution in [0.4, 0.5) is 11.8 Å². The van der Waals surface area contributed by atoms with Gasteiger partial charge in [0, 0.05) is 24.1 Å². The Hall–Kier alpha value is -1.40. The standard InChI is InChI=1S/C15H24N4OS/c1-5-16-15-18-13(17-12(6-7-20)9(2)3)11-8-10(4)21-14(11)19-15/h8-9,12,20H,5-7H2,1-4H3,(H2,16,17,18,19). The van der Waals surface area contributed by atoms with Crippen LogP contribution in [0.15, 0.2) is 6.07 Å². The molecule has 21 heavy (non-hydrogen) atoms. The van der Waals surface area contributed by atoms with Crippen molar-refractivity contribution in [3.05, 3.63) is 10.9 Å². The lowest BCUT2D eigenvalue weighted by Gasteiger charge is -2.22. The van der Waals surface area contributed by atoms with Gasteiger partial charge in [0.15, 0.2) is 0 Å². The van der Waals surface area contributed by atoms with E-state index in [4.69, 9.17) is 0 Å². The quantitative estimate of drug-likeness (QED) is 0.732. The van der Waals surface area contributed by atoms with Crippen LogP contribution in [0.5, 0.6) is 0 Å². The first-order valence-electron chi connectivity index (χ1n) is 7.44. The molecule has 3 N–H and O–H groups in total. The molecule has 0 aliphatic rings. The van der Waals surface area contributed by atoms with Gasteiger partial charge in [0.1, 0.15) is 10.6 Å². The molecule has 0 aromatic carbocycles. The first-order valence-corrected chi connectivity index (χ1v) is 8.26. The van der Waals surface area contributed by atoms with Crippen molar-refractivity contribution in [2.45, 2.75) is 40.2 Å². The predicted octanol–water partition coefficient (Wildman–Crippen LogP) is 3.25. The SMILES string of the molecule is CCNc1nc(NC(CCO)C(C)C)c2cc(C)sc2n1. The molecule has 5 nitrogen and oxygen atoms in total. The lowest BCUT2D eigenvalue weighted by molar-refractivity contribution is 0.267. The van der Waals surface area contributed by atoms with Crippen molar-refractivity contribution in [1.29, 1.82) is 0 Å². The molecule has 0 radical (unpaired) electrons. The molecule has 0 amide bonds. The van der Waals surface area contributed by atoms with Crippen LogP contribution >= 0.6 is 11.3 Å². The van der Waals surface area contributed by atoms with Crippen molar-refractivity contribution in [2.24, 2.45) is 5.92 Å². The second kappa shape index (κ2) is 7.04. The first-order chi connectivity index (χ1) is 10.0. The summed E-state index contributed by atoms with van der Waals surface area (Å²) >= 11 is 1.67. The summed E-state index contributed by atoms with van der Waals surface area (Å²) in [6.45, 7) is 9.37. The molecule has 116 valence electrons. The van der Waals surface area contributed by atoms with Crippen molar-refractivity contribution in [3.8, 4) is 0 Å². The topological polar surface area (TPSA) is 70.1 Å². The molecule has 2 aromatic heterocycles. The second-order valence-corrected chi connectivity index (χ2v) is 6.74. The molecular formula is C15H24N4OS. The Kier molecular flexibility index (Phi) is 5.36. The largest absolute Gasteiger partial charge is 0.396 e. The number of hydrogen-bond acceptors (Lipinski definition) is 6. The fraction of sp³-hybridized carbons (Fsp3) is 0.600. The summed E-state index contributed by atoms with van der Waals surface area (Å²) in [5.74, 6) is 1.93. The minimum absolute atomic E-state index is 0.173. The molecule has 2 aromatic rings. The average Bonchev–Trinajstić information content (AvgIpc) is 2.79. The van der Waals surface area contributed by atoms with Gasteiger partial charge < -0.3 is 15.7 Å². The third-order valence-corrected chi connectivity index (χ3v) is 4.36. The number of nitrogens with zero attached hydrogens (tertiary/aromatic N) is 2. The number of aliphatic hydroxyl groups excluding tert-OH is 1. The fourth-order valence-electron chi connectivity index (χ4n) is 2.28. The van der Waals surface area contributed by atoms with Gasteiger partial charge in [-0.25, -0.2) is 4.98 Å². The Morgan fingerprint density at radius 1 is 1.33 bits per heavy atom. The Labute approximate surface area is 129 Å². The highest BCUT2D eigenvalue weighted by Crippen LogP contribution is 2.30. The smallest absolute Gasteiger partial charge is 0.226 e. The van der Waals surface area contributed by atoms with E-state index in [1.165, 1.54) is 4.88 Å². The van der Waals surface area contributed by atoms with Crippen molar-refractivity contribution in [2.75, 3.05) is 23.8 Å². The predicted molar refractivity (Wildman–Crippen MR) is 90.3 cm³/mol. The second-order valence-electron chi connectivity index (χ2n) is 5.51. The summed E-state index contributed by atoms with van der Waals surface area (Å²) in [6.07, 6.45) is 0.711. The number of anilines is 2. The van der Waals surface area contributed by atoms with Gasteiger partial charge >= 0.3 is 0 Å². The Bertz CT molecular complexity index is 597. The van der Waals surface area contributed by atoms with Gasteiger partial charge in [0.25, 0.3) is 0 Å². The van der Waals surface area contributed by atoms with Gasteiger partial charge in [-0.3, -0.25) is 0 Å². The van der Waals surface area contributed by atoms with E-state index in [9.17, 15) is 5.11 Å². The van der Waals surface area contributed by atoms with E-state index in [0.717, 1.165) is 22.6 Å². The molecule has 1 atom stereocenters. The minimum atomic E-state index is 0.173. The van der Waals surface area contributed by atoms with E-state index < -0.39 is 0 Å². The van der Waals surface area contributed by atoms with Gasteiger partial charge in [-0.15, -0.1) is 11.3 Å². The van der Waals surface area contributed by atoms with Gasteiger partial charge in [0.2, 0.25) is 5.95 Å². The number of fused-ring (bicyclic) bond motifs is 1. The number of aromatic nitrogens is 2. The van der Waals surface area contributed by atoms with Crippen LogP contribution in [0, 0.1) is 12.8 Å². The number of rotatable bonds is 7. The van der Waals surface area contributed by atoms with Crippen LogP contribution in [0.1, 0.15) is 32.1 Å². The lowest BCUT2D eigenvalue weighted by atomic mass is 10.0. The van der Waals surface area contributed by atoms with Gasteiger partial charge in [-0.1, -0.05) is 13.8 Å². The van der Waals surface area contributed by atoms with Crippen LogP contribution in [-0.2, 0) is 0 Å². The Balaban J connectivity index is 2.39. The summed E-state index contributed by atoms with van der Waals surface area (Å²) in [4.78, 5) is 11.4. The van der Waals surface area contributed by atoms with Crippen LogP contribution in [0.25, 0.3) is 10.2 Å². The average molecular weight is 308 g/mol. The first kappa shape index (κ1) is 16.0. The van der Waals surface area contributed by atoms with Crippen molar-refractivity contribution < 1.29 is 5.11 Å². The summed E-state index contributed by atoms with van der Waals surface area (Å²) in [5.41, 5.74) is 0. The summed E-state index contributed by atoms with van der Waals surface area (Å²) in [5, 5.41) is 17.0. The zero-order valence-electron chi connectivity index (χ0n) is 13.1. The molecule has 2 heterocycles. The normalized spacial score (nSPS) is 12.9. The van der Waals surface area contributed by atoms with Crippen molar-refractivity contribution in [3.63, 3.8) is 0 Å². The Morgan fingerprint density at radius 3 is 2.71 bits per heavy atom. The minimum Gasteiger partial charge on any atom is -0.396 e. The highest BCUT2D eigenvalue weighted by atomic mass is 32.1. The molecule has 0 spiro atoms. The molecule has 6 heteroatoms. The summed E-state index contributed by atoms with van der Waals surface area (Å²) < 4.78 is 0. The van der Waals surface area contributed by atoms with Crippen LogP contribution in [-0.4, -0.2) is 34.3 Å². The number of aliphatic hydroxyl groups is 1. The molecule has 0 aliphatic carbocycles. The summed E-state index contributed by atoms with van der Waals surface area (Å²) in [6, 6.07) is 2.32. The molecule has 0 saturated heterocycles. The lowest BCUT2D eigenvalue weighted by Crippen LogP contribution is -2.27. The fourth-order valence-corrected chi connectivity index (χ4v) is 3.16. The monoisotopic (exact) mass is 308 g/mol. The molecule has 0 bridgehead atoms. The van der Waals surface area contributed by atoms with Gasteiger partial charge in [0.05, 0.1) is 5.39 Å². The number of thiophene rings is 1. The van der Waals surface area contributed by atoms with E-state index in [1.54, 1.807) is 11.3 Å². The van der Waals surface area contributed by atoms with Crippen LogP contribution in [0.2, 0.25) is 0 Å². The van der Waals surface area contributed by atoms with E-state index in [0.29, 0.717) is 18.3 Å². The van der Waals surface area contributed by atoms with E-state index in [2.05, 4.69) is 47.4 Å². The maximum Gasteiger partial charge on any atom is 0.226 e. The number of aryl methyl sites for hydroxylation is 1. The van der Waals surface area contributed by atoms with E-state index in [-0.39, 0.29) is 12.6 Å². The Morgan fingerprint density at radius 2 is 2.10 bits per heavy atom.